The molecule has 0 bridgehead atoms. The van der Waals surface area contributed by atoms with Crippen molar-refractivity contribution in [2.75, 3.05) is 93.3 Å². The summed E-state index contributed by atoms with van der Waals surface area (Å²) in [5.74, 6) is 6.50. The second-order valence-electron chi connectivity index (χ2n) is 6.02. The van der Waals surface area contributed by atoms with Crippen LogP contribution in [0.25, 0.3) is 0 Å². The summed E-state index contributed by atoms with van der Waals surface area (Å²) in [6, 6.07) is 0. The van der Waals surface area contributed by atoms with Gasteiger partial charge in [0.2, 0.25) is 11.9 Å². The van der Waals surface area contributed by atoms with Crippen LogP contribution in [0.15, 0.2) is 9.98 Å². The molecule has 1 atom stereocenters. The number of hydrogen-bond donors (Lipinski definition) is 2. The van der Waals surface area contributed by atoms with Gasteiger partial charge >= 0.3 is 0 Å². The molecule has 0 saturated heterocycles. The zero-order chi connectivity index (χ0) is 26.4. The Balaban J connectivity index is 3.29. The van der Waals surface area contributed by atoms with Crippen LogP contribution >= 0.6 is 94.1 Å². The number of aliphatic hydroxyl groups is 1. The third-order valence-corrected chi connectivity index (χ3v) is 12.6. The maximum atomic E-state index is 11.9. The maximum Gasteiger partial charge on any atom is 0.279 e. The van der Waals surface area contributed by atoms with Crippen molar-refractivity contribution in [1.29, 1.82) is 0 Å². The number of aliphatic imine (C=N–C) groups is 2. The van der Waals surface area contributed by atoms with Crippen molar-refractivity contribution >= 4 is 122 Å². The van der Waals surface area contributed by atoms with E-state index in [9.17, 15) is 9.35 Å². The minimum Gasteiger partial charge on any atom is -0.611 e. The molecular formula is C19H37N3O5S9. The Morgan fingerprint density at radius 3 is 2.47 bits per heavy atom. The molecule has 0 aliphatic carbocycles. The van der Waals surface area contributed by atoms with E-state index in [1.165, 1.54) is 41.7 Å². The van der Waals surface area contributed by atoms with Crippen molar-refractivity contribution in [2.24, 2.45) is 9.98 Å². The lowest BCUT2D eigenvalue weighted by Crippen LogP contribution is -2.22. The van der Waals surface area contributed by atoms with Crippen LogP contribution in [0.5, 0.6) is 0 Å². The van der Waals surface area contributed by atoms with Crippen LogP contribution < -0.4 is 5.32 Å². The summed E-state index contributed by atoms with van der Waals surface area (Å²) >= 11 is 12.2. The Hall–Kier alpha value is 1.64. The molecule has 0 rings (SSSR count). The number of hydrogen-bond acceptors (Lipinski definition) is 15. The Morgan fingerprint density at radius 2 is 1.67 bits per heavy atom. The zero-order valence-corrected chi connectivity index (χ0v) is 27.8. The van der Waals surface area contributed by atoms with E-state index in [-0.39, 0.29) is 11.2 Å². The molecule has 0 aromatic carbocycles. The first-order chi connectivity index (χ1) is 17.7. The minimum atomic E-state index is -0.961. The zero-order valence-electron chi connectivity index (χ0n) is 20.4. The number of carbonyl (C=O) groups excluding carboxylic acids is 1. The molecule has 1 amide bonds. The first-order valence-electron chi connectivity index (χ1n) is 10.8. The van der Waals surface area contributed by atoms with E-state index >= 15 is 0 Å². The maximum absolute atomic E-state index is 11.9. The number of rotatable bonds is 27. The Kier molecular flexibility index (Phi) is 34.3. The Bertz CT molecular complexity index is 543. The fourth-order valence-electron chi connectivity index (χ4n) is 1.72. The molecule has 0 aliphatic rings. The van der Waals surface area contributed by atoms with Gasteiger partial charge in [-0.2, -0.15) is 28.4 Å². The van der Waals surface area contributed by atoms with Crippen LogP contribution in [0.4, 0.5) is 4.79 Å². The van der Waals surface area contributed by atoms with E-state index in [1.54, 1.807) is 52.6 Å². The second-order valence-corrected chi connectivity index (χ2v) is 16.9. The first-order valence-corrected chi connectivity index (χ1v) is 21.5. The van der Waals surface area contributed by atoms with E-state index in [4.69, 9.17) is 14.9 Å². The van der Waals surface area contributed by atoms with Crippen molar-refractivity contribution in [1.82, 2.24) is 5.32 Å². The average Bonchev–Trinajstić information content (AvgIpc) is 2.88. The van der Waals surface area contributed by atoms with Gasteiger partial charge in [-0.1, -0.05) is 11.8 Å². The first kappa shape index (κ1) is 37.6. The molecule has 8 nitrogen and oxygen atoms in total. The van der Waals surface area contributed by atoms with Gasteiger partial charge in [0.05, 0.1) is 19.0 Å². The van der Waals surface area contributed by atoms with E-state index in [2.05, 4.69) is 15.3 Å². The van der Waals surface area contributed by atoms with Crippen molar-refractivity contribution in [2.45, 2.75) is 0 Å². The van der Waals surface area contributed by atoms with Gasteiger partial charge in [0, 0.05) is 56.3 Å². The third kappa shape index (κ3) is 31.9. The predicted molar refractivity (Wildman–Crippen MR) is 178 cm³/mol. The van der Waals surface area contributed by atoms with E-state index < -0.39 is 11.2 Å². The molecule has 0 radical (unpaired) electrons. The number of carbonyl (C=O) groups is 1. The minimum absolute atomic E-state index is 0.0368. The van der Waals surface area contributed by atoms with Gasteiger partial charge in [0.1, 0.15) is 11.7 Å². The van der Waals surface area contributed by atoms with Crippen molar-refractivity contribution in [3.8, 4) is 0 Å². The highest BCUT2D eigenvalue weighted by molar-refractivity contribution is 8.18. The summed E-state index contributed by atoms with van der Waals surface area (Å²) in [6.45, 7) is 2.07. The average molecular weight is 676 g/mol. The Labute approximate surface area is 253 Å². The van der Waals surface area contributed by atoms with Gasteiger partial charge in [0.15, 0.2) is 0 Å². The fraction of sp³-hybridized carbons (Fsp3) is 0.842. The highest BCUT2D eigenvalue weighted by atomic mass is 32.2. The summed E-state index contributed by atoms with van der Waals surface area (Å²) < 4.78 is 11.7. The van der Waals surface area contributed by atoms with Gasteiger partial charge in [-0.15, -0.1) is 58.8 Å². The highest BCUT2D eigenvalue weighted by Gasteiger charge is 2.04. The molecular weight excluding hydrogens is 639 g/mol. The number of aliphatic hydroxyl groups excluding tert-OH is 1. The molecule has 0 heterocycles. The van der Waals surface area contributed by atoms with Crippen LogP contribution in [0, 0.1) is 0 Å². The lowest BCUT2D eigenvalue weighted by atomic mass is 10.8. The Morgan fingerprint density at radius 1 is 0.944 bits per heavy atom. The van der Waals surface area contributed by atoms with E-state index in [1.807, 2.05) is 18.0 Å². The standard InChI is InChI=1S/C19H37N3O5S9/c1-28-5-2-21-13-36(25)11-10-32-17-31-8-9-35-19(24)22-4-7-30-16-29-6-3-20-12-26-27-15-34-18-33-14-23/h12-13,23H,2-11,14-18H2,1H3,(H,22,24)/b20-12+,21-13+. The van der Waals surface area contributed by atoms with E-state index in [0.717, 1.165) is 56.3 Å². The molecule has 17 heteroatoms. The van der Waals surface area contributed by atoms with Gasteiger partial charge in [-0.25, -0.2) is 4.99 Å². The molecule has 2 N–H and O–H groups in total. The van der Waals surface area contributed by atoms with Crippen LogP contribution in [0.1, 0.15) is 0 Å². The second kappa shape index (κ2) is 32.8. The number of nitrogens with one attached hydrogen (secondary N) is 1. The summed E-state index contributed by atoms with van der Waals surface area (Å²) in [4.78, 5) is 29.8. The van der Waals surface area contributed by atoms with Gasteiger partial charge in [-0.3, -0.25) is 9.79 Å². The molecule has 0 aliphatic heterocycles. The molecule has 0 aromatic heterocycles. The SMILES string of the molecule is CSCC/N=C/[S+]([O-])CCSCSCCSC(=O)NCCSCSCC/N=C/OOCSCSCO. The normalized spacial score (nSPS) is 12.5. The highest BCUT2D eigenvalue weighted by Crippen LogP contribution is 2.15. The van der Waals surface area contributed by atoms with Crippen LogP contribution in [0.2, 0.25) is 0 Å². The summed E-state index contributed by atoms with van der Waals surface area (Å²) in [5, 5.41) is 14.3. The van der Waals surface area contributed by atoms with Crippen molar-refractivity contribution in [3.05, 3.63) is 0 Å². The summed E-state index contributed by atoms with van der Waals surface area (Å²) in [7, 11) is 0. The van der Waals surface area contributed by atoms with Gasteiger partial charge in [-0.05, 0) is 17.4 Å². The van der Waals surface area contributed by atoms with Gasteiger partial charge < -0.3 is 19.9 Å². The monoisotopic (exact) mass is 675 g/mol. The molecule has 0 aromatic rings. The van der Waals surface area contributed by atoms with Crippen LogP contribution in [-0.4, -0.2) is 120 Å². The lowest BCUT2D eigenvalue weighted by molar-refractivity contribution is -0.196. The smallest absolute Gasteiger partial charge is 0.279 e. The van der Waals surface area contributed by atoms with Crippen LogP contribution in [-0.2, 0) is 21.0 Å². The molecule has 0 fully saturated rings. The number of nitrogens with zero attached hydrogens (tertiary/aromatic N) is 2. The molecule has 0 spiro atoms. The number of amides is 1. The topological polar surface area (TPSA) is 116 Å². The van der Waals surface area contributed by atoms with E-state index in [0.29, 0.717) is 24.8 Å². The summed E-state index contributed by atoms with van der Waals surface area (Å²) in [6.07, 6.45) is 3.35. The number of thioether (sulfide) groups is 8. The molecule has 0 saturated carbocycles. The van der Waals surface area contributed by atoms with Crippen molar-refractivity contribution in [3.63, 3.8) is 0 Å². The predicted octanol–water partition coefficient (Wildman–Crippen LogP) is 4.72. The largest absolute Gasteiger partial charge is 0.611 e. The van der Waals surface area contributed by atoms with Crippen molar-refractivity contribution < 1.29 is 24.2 Å². The molecule has 36 heavy (non-hydrogen) atoms. The third-order valence-electron chi connectivity index (χ3n) is 3.30. The lowest BCUT2D eigenvalue weighted by Gasteiger charge is -2.06. The molecule has 212 valence electrons. The fourth-order valence-corrected chi connectivity index (χ4v) is 9.18. The molecule has 1 unspecified atom stereocenters. The van der Waals surface area contributed by atoms with Gasteiger partial charge in [0.25, 0.3) is 5.24 Å². The summed E-state index contributed by atoms with van der Waals surface area (Å²) in [5.41, 5.74) is 1.57. The van der Waals surface area contributed by atoms with Crippen LogP contribution in [0.3, 0.4) is 0 Å². The quantitative estimate of drug-likeness (QED) is 0.0238.